The van der Waals surface area contributed by atoms with Gasteiger partial charge in [-0.1, -0.05) is 0 Å². The van der Waals surface area contributed by atoms with E-state index in [0.717, 1.165) is 22.4 Å². The number of rotatable bonds is 4. The van der Waals surface area contributed by atoms with Gasteiger partial charge in [-0.3, -0.25) is 14.0 Å². The highest BCUT2D eigenvalue weighted by Gasteiger charge is 2.16. The Hall–Kier alpha value is -1.63. The van der Waals surface area contributed by atoms with Crippen LogP contribution in [0.5, 0.6) is 6.01 Å². The Morgan fingerprint density at radius 3 is 2.70 bits per heavy atom. The van der Waals surface area contributed by atoms with Crippen LogP contribution in [0.1, 0.15) is 24.0 Å². The Morgan fingerprint density at radius 1 is 1.40 bits per heavy atom. The number of ether oxygens (including phenoxy) is 1. The SMILES string of the molecule is CCn1nc(C)c(Br)c1Cn1c(OC)nc(C)cc1=O. The minimum Gasteiger partial charge on any atom is -0.468 e. The lowest BCUT2D eigenvalue weighted by Crippen LogP contribution is -2.24. The zero-order chi connectivity index (χ0) is 14.9. The van der Waals surface area contributed by atoms with Gasteiger partial charge in [0.05, 0.1) is 29.5 Å². The lowest BCUT2D eigenvalue weighted by molar-refractivity contribution is 0.347. The van der Waals surface area contributed by atoms with E-state index in [9.17, 15) is 4.79 Å². The normalized spacial score (nSPS) is 10.8. The summed E-state index contributed by atoms with van der Waals surface area (Å²) in [7, 11) is 1.51. The van der Waals surface area contributed by atoms with Gasteiger partial charge in [-0.2, -0.15) is 5.10 Å². The van der Waals surface area contributed by atoms with Crippen molar-refractivity contribution in [2.24, 2.45) is 0 Å². The molecule has 0 fully saturated rings. The van der Waals surface area contributed by atoms with Crippen molar-refractivity contribution in [2.45, 2.75) is 33.9 Å². The molecular formula is C13H17BrN4O2. The summed E-state index contributed by atoms with van der Waals surface area (Å²) >= 11 is 3.52. The van der Waals surface area contributed by atoms with Crippen molar-refractivity contribution in [2.75, 3.05) is 7.11 Å². The molecule has 0 bridgehead atoms. The van der Waals surface area contributed by atoms with E-state index in [4.69, 9.17) is 4.74 Å². The van der Waals surface area contributed by atoms with E-state index in [-0.39, 0.29) is 5.56 Å². The fourth-order valence-corrected chi connectivity index (χ4v) is 2.47. The van der Waals surface area contributed by atoms with Crippen LogP contribution in [0.2, 0.25) is 0 Å². The smallest absolute Gasteiger partial charge is 0.299 e. The van der Waals surface area contributed by atoms with Crippen molar-refractivity contribution in [3.05, 3.63) is 38.0 Å². The largest absolute Gasteiger partial charge is 0.468 e. The van der Waals surface area contributed by atoms with Crippen molar-refractivity contribution in [1.29, 1.82) is 0 Å². The number of aromatic nitrogens is 4. The van der Waals surface area contributed by atoms with E-state index in [1.54, 1.807) is 6.92 Å². The van der Waals surface area contributed by atoms with E-state index >= 15 is 0 Å². The van der Waals surface area contributed by atoms with Gasteiger partial charge in [0.25, 0.3) is 11.6 Å². The first-order valence-electron chi connectivity index (χ1n) is 6.32. The highest BCUT2D eigenvalue weighted by molar-refractivity contribution is 9.10. The predicted molar refractivity (Wildman–Crippen MR) is 79.2 cm³/mol. The van der Waals surface area contributed by atoms with Gasteiger partial charge >= 0.3 is 0 Å². The summed E-state index contributed by atoms with van der Waals surface area (Å²) in [6.45, 7) is 6.80. The maximum atomic E-state index is 12.1. The fourth-order valence-electron chi connectivity index (χ4n) is 2.07. The van der Waals surface area contributed by atoms with Gasteiger partial charge in [-0.15, -0.1) is 0 Å². The van der Waals surface area contributed by atoms with Gasteiger partial charge in [-0.25, -0.2) is 4.98 Å². The topological polar surface area (TPSA) is 61.9 Å². The molecule has 0 atom stereocenters. The quantitative estimate of drug-likeness (QED) is 0.852. The molecule has 108 valence electrons. The molecule has 2 rings (SSSR count). The first kappa shape index (κ1) is 14.8. The van der Waals surface area contributed by atoms with Crippen LogP contribution in [0, 0.1) is 13.8 Å². The van der Waals surface area contributed by atoms with E-state index in [2.05, 4.69) is 26.0 Å². The highest BCUT2D eigenvalue weighted by Crippen LogP contribution is 2.22. The Bertz CT molecular complexity index is 690. The van der Waals surface area contributed by atoms with Crippen LogP contribution in [-0.2, 0) is 13.1 Å². The van der Waals surface area contributed by atoms with Crippen LogP contribution in [0.3, 0.4) is 0 Å². The van der Waals surface area contributed by atoms with Crippen LogP contribution in [0.15, 0.2) is 15.3 Å². The van der Waals surface area contributed by atoms with Crippen LogP contribution in [0.25, 0.3) is 0 Å². The molecule has 2 heterocycles. The van der Waals surface area contributed by atoms with E-state index in [1.165, 1.54) is 17.7 Å². The molecule has 20 heavy (non-hydrogen) atoms. The van der Waals surface area contributed by atoms with Gasteiger partial charge in [-0.05, 0) is 36.7 Å². The van der Waals surface area contributed by atoms with Gasteiger partial charge < -0.3 is 4.74 Å². The number of aryl methyl sites for hydroxylation is 3. The Balaban J connectivity index is 2.53. The second kappa shape index (κ2) is 5.78. The third-order valence-corrected chi connectivity index (χ3v) is 4.08. The monoisotopic (exact) mass is 340 g/mol. The number of hydrogen-bond donors (Lipinski definition) is 0. The summed E-state index contributed by atoms with van der Waals surface area (Å²) in [6.07, 6.45) is 0. The lowest BCUT2D eigenvalue weighted by atomic mass is 10.3. The second-order valence-electron chi connectivity index (χ2n) is 4.47. The van der Waals surface area contributed by atoms with Crippen LogP contribution in [0.4, 0.5) is 0 Å². The highest BCUT2D eigenvalue weighted by atomic mass is 79.9. The molecule has 0 saturated carbocycles. The van der Waals surface area contributed by atoms with Crippen molar-refractivity contribution >= 4 is 15.9 Å². The Kier molecular flexibility index (Phi) is 4.27. The van der Waals surface area contributed by atoms with Crippen molar-refractivity contribution in [3.63, 3.8) is 0 Å². The molecule has 0 radical (unpaired) electrons. The average molecular weight is 341 g/mol. The standard InChI is InChI=1S/C13H17BrN4O2/c1-5-18-10(12(14)9(3)16-18)7-17-11(19)6-8(2)15-13(17)20-4/h6H,5,7H2,1-4H3. The number of nitrogens with zero attached hydrogens (tertiary/aromatic N) is 4. The summed E-state index contributed by atoms with van der Waals surface area (Å²) in [5, 5.41) is 4.42. The molecule has 0 aliphatic rings. The van der Waals surface area contributed by atoms with Crippen LogP contribution in [-0.4, -0.2) is 26.4 Å². The third kappa shape index (κ3) is 2.63. The molecule has 6 nitrogen and oxygen atoms in total. The molecule has 0 amide bonds. The number of methoxy groups -OCH3 is 1. The van der Waals surface area contributed by atoms with Gasteiger partial charge in [0, 0.05) is 18.3 Å². The molecule has 0 aliphatic heterocycles. The third-order valence-electron chi connectivity index (χ3n) is 3.04. The molecular weight excluding hydrogens is 324 g/mol. The summed E-state index contributed by atoms with van der Waals surface area (Å²) in [4.78, 5) is 16.4. The second-order valence-corrected chi connectivity index (χ2v) is 5.26. The Labute approximate surface area is 125 Å². The Morgan fingerprint density at radius 2 is 2.10 bits per heavy atom. The molecule has 2 aromatic rings. The molecule has 7 heteroatoms. The minimum absolute atomic E-state index is 0.136. The zero-order valence-electron chi connectivity index (χ0n) is 12.0. The molecule has 0 unspecified atom stereocenters. The molecule has 0 spiro atoms. The van der Waals surface area contributed by atoms with Crippen LogP contribution < -0.4 is 10.3 Å². The van der Waals surface area contributed by atoms with Gasteiger partial charge in [0.15, 0.2) is 0 Å². The van der Waals surface area contributed by atoms with Crippen LogP contribution >= 0.6 is 15.9 Å². The minimum atomic E-state index is -0.136. The predicted octanol–water partition coefficient (Wildman–Crippen LogP) is 1.90. The zero-order valence-corrected chi connectivity index (χ0v) is 13.6. The lowest BCUT2D eigenvalue weighted by Gasteiger charge is -2.12. The number of hydrogen-bond acceptors (Lipinski definition) is 4. The van der Waals surface area contributed by atoms with Crippen molar-refractivity contribution in [3.8, 4) is 6.01 Å². The number of halogens is 1. The first-order chi connectivity index (χ1) is 9.47. The fraction of sp³-hybridized carbons (Fsp3) is 0.462. The van der Waals surface area contributed by atoms with E-state index in [0.29, 0.717) is 18.2 Å². The average Bonchev–Trinajstić information content (AvgIpc) is 2.68. The maximum absolute atomic E-state index is 12.1. The van der Waals surface area contributed by atoms with E-state index in [1.807, 2.05) is 18.5 Å². The molecule has 0 N–H and O–H groups in total. The molecule has 0 aromatic carbocycles. The van der Waals surface area contributed by atoms with Crippen molar-refractivity contribution in [1.82, 2.24) is 19.3 Å². The maximum Gasteiger partial charge on any atom is 0.299 e. The summed E-state index contributed by atoms with van der Waals surface area (Å²) in [6, 6.07) is 1.80. The summed E-state index contributed by atoms with van der Waals surface area (Å²) in [5.74, 6) is 0. The van der Waals surface area contributed by atoms with Gasteiger partial charge in [0.1, 0.15) is 0 Å². The molecule has 0 saturated heterocycles. The first-order valence-corrected chi connectivity index (χ1v) is 7.11. The summed E-state index contributed by atoms with van der Waals surface area (Å²) < 4.78 is 9.48. The summed E-state index contributed by atoms with van der Waals surface area (Å²) in [5.41, 5.74) is 2.33. The van der Waals surface area contributed by atoms with Crippen molar-refractivity contribution < 1.29 is 4.74 Å². The molecule has 2 aromatic heterocycles. The molecule has 0 aliphatic carbocycles. The van der Waals surface area contributed by atoms with E-state index < -0.39 is 0 Å². The van der Waals surface area contributed by atoms with Gasteiger partial charge in [0.2, 0.25) is 0 Å².